The lowest BCUT2D eigenvalue weighted by Gasteiger charge is -2.07. The van der Waals surface area contributed by atoms with Gasteiger partial charge in [0.25, 0.3) is 5.56 Å². The number of aryl methyl sites for hydroxylation is 1. The molecule has 0 radical (unpaired) electrons. The minimum absolute atomic E-state index is 0.0455. The first kappa shape index (κ1) is 17.5. The van der Waals surface area contributed by atoms with Gasteiger partial charge in [-0.1, -0.05) is 18.5 Å². The SMILES string of the molecule is CCCOc1ccc(/C=N\Nc2cnn(C)c(=O)c2Cl)cc1Br. The number of halogens is 2. The van der Waals surface area contributed by atoms with E-state index in [4.69, 9.17) is 16.3 Å². The zero-order valence-electron chi connectivity index (χ0n) is 12.7. The Kier molecular flexibility index (Phi) is 6.18. The Morgan fingerprint density at radius 3 is 3.00 bits per heavy atom. The van der Waals surface area contributed by atoms with E-state index in [0.29, 0.717) is 12.3 Å². The smallest absolute Gasteiger partial charge is 0.287 e. The molecule has 23 heavy (non-hydrogen) atoms. The molecule has 0 fully saturated rings. The standard InChI is InChI=1S/C15H16BrClN4O2/c1-3-6-23-13-5-4-10(7-11(13)16)8-18-20-12-9-19-21(2)15(22)14(12)17/h4-5,7-9,20H,3,6H2,1-2H3/b18-8-. The minimum atomic E-state index is -0.382. The third-order valence-electron chi connectivity index (χ3n) is 2.89. The molecule has 2 rings (SSSR count). The highest BCUT2D eigenvalue weighted by molar-refractivity contribution is 9.10. The van der Waals surface area contributed by atoms with Crippen LogP contribution in [0.3, 0.4) is 0 Å². The average Bonchev–Trinajstić information content (AvgIpc) is 2.54. The molecule has 1 aromatic heterocycles. The number of nitrogens with zero attached hydrogens (tertiary/aromatic N) is 3. The van der Waals surface area contributed by atoms with Crippen molar-refractivity contribution in [2.24, 2.45) is 12.1 Å². The van der Waals surface area contributed by atoms with Crippen LogP contribution in [0.5, 0.6) is 5.75 Å². The lowest BCUT2D eigenvalue weighted by atomic mass is 10.2. The summed E-state index contributed by atoms with van der Waals surface area (Å²) in [6.07, 6.45) is 4.01. The number of benzene rings is 1. The first-order valence-corrected chi connectivity index (χ1v) is 8.13. The maximum absolute atomic E-state index is 11.6. The van der Waals surface area contributed by atoms with Gasteiger partial charge in [0.15, 0.2) is 0 Å². The maximum atomic E-state index is 11.6. The molecule has 122 valence electrons. The maximum Gasteiger partial charge on any atom is 0.287 e. The molecule has 0 aliphatic heterocycles. The molecule has 1 aromatic carbocycles. The van der Waals surface area contributed by atoms with Gasteiger partial charge in [-0.05, 0) is 46.1 Å². The monoisotopic (exact) mass is 398 g/mol. The fourth-order valence-electron chi connectivity index (χ4n) is 1.69. The van der Waals surface area contributed by atoms with Gasteiger partial charge >= 0.3 is 0 Å². The molecule has 0 saturated carbocycles. The molecule has 0 aliphatic rings. The van der Waals surface area contributed by atoms with Gasteiger partial charge in [-0.25, -0.2) is 4.68 Å². The van der Waals surface area contributed by atoms with Crippen molar-refractivity contribution in [2.45, 2.75) is 13.3 Å². The Labute approximate surface area is 147 Å². The molecule has 0 atom stereocenters. The Morgan fingerprint density at radius 1 is 1.52 bits per heavy atom. The Bertz CT molecular complexity index is 777. The lowest BCUT2D eigenvalue weighted by molar-refractivity contribution is 0.315. The van der Waals surface area contributed by atoms with Crippen LogP contribution in [0.4, 0.5) is 5.69 Å². The van der Waals surface area contributed by atoms with E-state index in [1.807, 2.05) is 18.2 Å². The molecule has 1 heterocycles. The topological polar surface area (TPSA) is 68.5 Å². The van der Waals surface area contributed by atoms with Crippen LogP contribution in [0.1, 0.15) is 18.9 Å². The summed E-state index contributed by atoms with van der Waals surface area (Å²) in [4.78, 5) is 11.6. The molecule has 2 aromatic rings. The molecule has 0 aliphatic carbocycles. The largest absolute Gasteiger partial charge is 0.492 e. The average molecular weight is 400 g/mol. The number of aromatic nitrogens is 2. The van der Waals surface area contributed by atoms with Gasteiger partial charge < -0.3 is 4.74 Å². The molecule has 0 amide bonds. The van der Waals surface area contributed by atoms with Crippen LogP contribution in [0, 0.1) is 0 Å². The summed E-state index contributed by atoms with van der Waals surface area (Å²) in [5.41, 5.74) is 3.55. The molecule has 0 spiro atoms. The van der Waals surface area contributed by atoms with Crippen molar-refractivity contribution >= 4 is 39.4 Å². The van der Waals surface area contributed by atoms with E-state index >= 15 is 0 Å². The van der Waals surface area contributed by atoms with Crippen LogP contribution in [0.2, 0.25) is 5.02 Å². The molecule has 0 bridgehead atoms. The third-order valence-corrected chi connectivity index (χ3v) is 3.88. The van der Waals surface area contributed by atoms with Gasteiger partial charge in [-0.3, -0.25) is 10.2 Å². The van der Waals surface area contributed by atoms with Gasteiger partial charge in [0.05, 0.1) is 23.5 Å². The van der Waals surface area contributed by atoms with Crippen molar-refractivity contribution in [2.75, 3.05) is 12.0 Å². The second-order valence-corrected chi connectivity index (χ2v) is 5.94. The van der Waals surface area contributed by atoms with Crippen LogP contribution >= 0.6 is 27.5 Å². The fourth-order valence-corrected chi connectivity index (χ4v) is 2.42. The number of ether oxygens (including phenoxy) is 1. The number of hydrogen-bond acceptors (Lipinski definition) is 5. The summed E-state index contributed by atoms with van der Waals surface area (Å²) in [6, 6.07) is 5.64. The van der Waals surface area contributed by atoms with Crippen LogP contribution in [0.15, 0.2) is 38.8 Å². The number of anilines is 1. The molecule has 1 N–H and O–H groups in total. The second kappa shape index (κ2) is 8.12. The van der Waals surface area contributed by atoms with E-state index in [2.05, 4.69) is 38.5 Å². The lowest BCUT2D eigenvalue weighted by Crippen LogP contribution is -2.20. The van der Waals surface area contributed by atoms with Crippen LogP contribution in [-0.4, -0.2) is 22.6 Å². The predicted molar refractivity (Wildman–Crippen MR) is 95.6 cm³/mol. The molecule has 8 heteroatoms. The Balaban J connectivity index is 2.08. The van der Waals surface area contributed by atoms with E-state index in [1.165, 1.54) is 13.2 Å². The number of hydrazone groups is 1. The van der Waals surface area contributed by atoms with E-state index < -0.39 is 0 Å². The van der Waals surface area contributed by atoms with Crippen LogP contribution in [0.25, 0.3) is 0 Å². The minimum Gasteiger partial charge on any atom is -0.492 e. The van der Waals surface area contributed by atoms with Crippen molar-refractivity contribution in [1.29, 1.82) is 0 Å². The summed E-state index contributed by atoms with van der Waals surface area (Å²) >= 11 is 9.40. The Hall–Kier alpha value is -1.86. The van der Waals surface area contributed by atoms with Crippen LogP contribution < -0.4 is 15.7 Å². The molecule has 0 saturated heterocycles. The van der Waals surface area contributed by atoms with Crippen molar-refractivity contribution in [1.82, 2.24) is 9.78 Å². The van der Waals surface area contributed by atoms with Crippen molar-refractivity contribution < 1.29 is 4.74 Å². The highest BCUT2D eigenvalue weighted by Crippen LogP contribution is 2.25. The first-order valence-electron chi connectivity index (χ1n) is 6.96. The Morgan fingerprint density at radius 2 is 2.30 bits per heavy atom. The van der Waals surface area contributed by atoms with E-state index in [-0.39, 0.29) is 10.6 Å². The van der Waals surface area contributed by atoms with Gasteiger partial charge in [-0.15, -0.1) is 0 Å². The highest BCUT2D eigenvalue weighted by atomic mass is 79.9. The number of nitrogens with one attached hydrogen (secondary N) is 1. The molecular weight excluding hydrogens is 384 g/mol. The normalized spacial score (nSPS) is 11.0. The van der Waals surface area contributed by atoms with Gasteiger partial charge in [0, 0.05) is 7.05 Å². The zero-order valence-corrected chi connectivity index (χ0v) is 15.1. The van der Waals surface area contributed by atoms with E-state index in [9.17, 15) is 4.79 Å². The van der Waals surface area contributed by atoms with Gasteiger partial charge in [0.1, 0.15) is 16.5 Å². The fraction of sp³-hybridized carbons (Fsp3) is 0.267. The zero-order chi connectivity index (χ0) is 16.8. The van der Waals surface area contributed by atoms with Gasteiger partial charge in [-0.2, -0.15) is 10.2 Å². The van der Waals surface area contributed by atoms with E-state index in [1.54, 1.807) is 6.21 Å². The summed E-state index contributed by atoms with van der Waals surface area (Å²) < 4.78 is 7.59. The predicted octanol–water partition coefficient (Wildman–Crippen LogP) is 3.43. The summed E-state index contributed by atoms with van der Waals surface area (Å²) in [5.74, 6) is 0.788. The third kappa shape index (κ3) is 4.56. The first-order chi connectivity index (χ1) is 11.0. The van der Waals surface area contributed by atoms with Gasteiger partial charge in [0.2, 0.25) is 0 Å². The van der Waals surface area contributed by atoms with Crippen molar-refractivity contribution in [3.8, 4) is 5.75 Å². The molecule has 6 nitrogen and oxygen atoms in total. The molecule has 0 unspecified atom stereocenters. The summed E-state index contributed by atoms with van der Waals surface area (Å²) in [7, 11) is 1.53. The summed E-state index contributed by atoms with van der Waals surface area (Å²) in [5, 5.41) is 7.99. The quantitative estimate of drug-likeness (QED) is 0.597. The highest BCUT2D eigenvalue weighted by Gasteiger charge is 2.06. The van der Waals surface area contributed by atoms with E-state index in [0.717, 1.165) is 26.9 Å². The van der Waals surface area contributed by atoms with Crippen LogP contribution in [-0.2, 0) is 7.05 Å². The number of rotatable bonds is 6. The van der Waals surface area contributed by atoms with Crippen molar-refractivity contribution in [3.63, 3.8) is 0 Å². The number of hydrogen-bond donors (Lipinski definition) is 1. The summed E-state index contributed by atoms with van der Waals surface area (Å²) in [6.45, 7) is 2.72. The second-order valence-electron chi connectivity index (χ2n) is 4.71. The van der Waals surface area contributed by atoms with Crippen molar-refractivity contribution in [3.05, 3.63) is 49.8 Å². The molecular formula is C15H16BrClN4O2.